The van der Waals surface area contributed by atoms with Crippen LogP contribution >= 0.6 is 0 Å². The molecule has 0 aromatic heterocycles. The summed E-state index contributed by atoms with van der Waals surface area (Å²) >= 11 is 0. The molecule has 2 rings (SSSR count). The van der Waals surface area contributed by atoms with Crippen LogP contribution in [0, 0.1) is 0 Å². The van der Waals surface area contributed by atoms with E-state index in [-0.39, 0.29) is 15.6 Å². The summed E-state index contributed by atoms with van der Waals surface area (Å²) in [5.74, 6) is 0.335. The lowest BCUT2D eigenvalue weighted by atomic mass is 10.1. The number of ketones is 1. The molecule has 0 saturated carbocycles. The number of Topliss-reactive ketones (excluding diaryl/α,β-unsaturated/α-hetero) is 1. The highest BCUT2D eigenvalue weighted by Crippen LogP contribution is 2.35. The molecule has 1 unspecified atom stereocenters. The minimum absolute atomic E-state index is 0.138. The molecule has 1 atom stereocenters. The molecule has 0 bridgehead atoms. The van der Waals surface area contributed by atoms with Gasteiger partial charge in [-0.15, -0.1) is 0 Å². The summed E-state index contributed by atoms with van der Waals surface area (Å²) < 4.78 is -0.149. The van der Waals surface area contributed by atoms with Gasteiger partial charge in [-0.05, 0) is 23.4 Å². The number of rotatable bonds is 1. The molecule has 0 N–H and O–H groups in total. The molecular formula is C12H15OS+. The molecule has 14 heavy (non-hydrogen) atoms. The molecule has 0 aliphatic heterocycles. The van der Waals surface area contributed by atoms with E-state index in [4.69, 9.17) is 0 Å². The van der Waals surface area contributed by atoms with Crippen LogP contribution in [0.1, 0.15) is 22.8 Å². The largest absolute Gasteiger partial charge is 0.288 e. The van der Waals surface area contributed by atoms with Crippen molar-refractivity contribution in [2.24, 2.45) is 0 Å². The van der Waals surface area contributed by atoms with E-state index in [1.807, 2.05) is 18.2 Å². The van der Waals surface area contributed by atoms with Gasteiger partial charge in [0.25, 0.3) is 0 Å². The fourth-order valence-corrected chi connectivity index (χ4v) is 2.88. The first-order chi connectivity index (χ1) is 6.55. The maximum Gasteiger partial charge on any atom is 0.218 e. The third-order valence-electron chi connectivity index (χ3n) is 3.17. The summed E-state index contributed by atoms with van der Waals surface area (Å²) in [6, 6.07) is 7.99. The minimum Gasteiger partial charge on any atom is -0.288 e. The van der Waals surface area contributed by atoms with Crippen molar-refractivity contribution in [3.8, 4) is 0 Å². The van der Waals surface area contributed by atoms with Crippen LogP contribution in [0.2, 0.25) is 0 Å². The van der Waals surface area contributed by atoms with Crippen LogP contribution in [-0.4, -0.2) is 23.0 Å². The van der Waals surface area contributed by atoms with Crippen LogP contribution in [-0.2, 0) is 17.3 Å². The lowest BCUT2D eigenvalue weighted by molar-refractivity contribution is 0.0964. The van der Waals surface area contributed by atoms with Gasteiger partial charge in [0.15, 0.2) is 4.75 Å². The normalized spacial score (nSPS) is 25.6. The monoisotopic (exact) mass is 207 g/mol. The fraction of sp³-hybridized carbons (Fsp3) is 0.417. The maximum atomic E-state index is 12.2. The van der Waals surface area contributed by atoms with Crippen molar-refractivity contribution in [1.29, 1.82) is 0 Å². The summed E-state index contributed by atoms with van der Waals surface area (Å²) in [6.45, 7) is 2.10. The second kappa shape index (κ2) is 3.13. The zero-order valence-corrected chi connectivity index (χ0v) is 9.65. The number of carbonyl (C=O) groups is 1. The molecule has 0 amide bonds. The van der Waals surface area contributed by atoms with Crippen molar-refractivity contribution >= 4 is 16.7 Å². The molecule has 74 valence electrons. The van der Waals surface area contributed by atoms with E-state index in [1.54, 1.807) is 0 Å². The summed E-state index contributed by atoms with van der Waals surface area (Å²) in [5, 5.41) is 0. The van der Waals surface area contributed by atoms with Crippen molar-refractivity contribution in [3.05, 3.63) is 35.4 Å². The van der Waals surface area contributed by atoms with Crippen molar-refractivity contribution in [2.45, 2.75) is 18.1 Å². The molecule has 0 radical (unpaired) electrons. The molecule has 1 aromatic rings. The quantitative estimate of drug-likeness (QED) is 0.644. The molecule has 2 heteroatoms. The first-order valence-electron chi connectivity index (χ1n) is 4.76. The number of carbonyl (C=O) groups excluding carboxylic acids is 1. The number of hydrogen-bond acceptors (Lipinski definition) is 1. The minimum atomic E-state index is -0.149. The van der Waals surface area contributed by atoms with Crippen LogP contribution in [0.5, 0.6) is 0 Å². The fourth-order valence-electron chi connectivity index (χ4n) is 1.95. The summed E-state index contributed by atoms with van der Waals surface area (Å²) in [7, 11) is 0.138. The Hall–Kier alpha value is -0.760. The Balaban J connectivity index is 2.49. The molecule has 1 aromatic carbocycles. The molecule has 0 saturated heterocycles. The van der Waals surface area contributed by atoms with E-state index in [0.717, 1.165) is 12.0 Å². The van der Waals surface area contributed by atoms with Gasteiger partial charge in [-0.2, -0.15) is 0 Å². The first kappa shape index (κ1) is 9.78. The lowest BCUT2D eigenvalue weighted by Gasteiger charge is -2.17. The highest BCUT2D eigenvalue weighted by molar-refractivity contribution is 7.97. The Morgan fingerprint density at radius 2 is 1.93 bits per heavy atom. The Morgan fingerprint density at radius 3 is 2.50 bits per heavy atom. The highest BCUT2D eigenvalue weighted by atomic mass is 32.2. The van der Waals surface area contributed by atoms with Gasteiger partial charge in [0.1, 0.15) is 0 Å². The van der Waals surface area contributed by atoms with E-state index < -0.39 is 0 Å². The van der Waals surface area contributed by atoms with E-state index in [9.17, 15) is 4.79 Å². The van der Waals surface area contributed by atoms with Gasteiger partial charge in [-0.1, -0.05) is 24.3 Å². The molecule has 0 heterocycles. The maximum absolute atomic E-state index is 12.2. The second-order valence-corrected chi connectivity index (χ2v) is 6.74. The lowest BCUT2D eigenvalue weighted by Crippen LogP contribution is -2.40. The van der Waals surface area contributed by atoms with Crippen LogP contribution in [0.15, 0.2) is 24.3 Å². The van der Waals surface area contributed by atoms with Gasteiger partial charge >= 0.3 is 0 Å². The molecule has 1 nitrogen and oxygen atoms in total. The zero-order chi connectivity index (χ0) is 10.3. The average molecular weight is 207 g/mol. The molecule has 0 fully saturated rings. The van der Waals surface area contributed by atoms with Crippen molar-refractivity contribution in [1.82, 2.24) is 0 Å². The predicted molar refractivity (Wildman–Crippen MR) is 62.1 cm³/mol. The summed E-state index contributed by atoms with van der Waals surface area (Å²) in [6.07, 6.45) is 5.23. The Morgan fingerprint density at radius 1 is 1.29 bits per heavy atom. The molecular weight excluding hydrogens is 192 g/mol. The van der Waals surface area contributed by atoms with Gasteiger partial charge in [0, 0.05) is 12.0 Å². The van der Waals surface area contributed by atoms with Crippen LogP contribution < -0.4 is 0 Å². The number of benzene rings is 1. The van der Waals surface area contributed by atoms with Gasteiger partial charge in [0.05, 0.1) is 12.5 Å². The van der Waals surface area contributed by atoms with Crippen molar-refractivity contribution in [3.63, 3.8) is 0 Å². The van der Waals surface area contributed by atoms with Crippen LogP contribution in [0.3, 0.4) is 0 Å². The molecule has 1 aliphatic rings. The Labute approximate surface area is 87.9 Å². The zero-order valence-electron chi connectivity index (χ0n) is 8.83. The first-order valence-corrected chi connectivity index (χ1v) is 6.80. The van der Waals surface area contributed by atoms with E-state index >= 15 is 0 Å². The van der Waals surface area contributed by atoms with E-state index in [2.05, 4.69) is 25.5 Å². The van der Waals surface area contributed by atoms with Crippen molar-refractivity contribution in [2.75, 3.05) is 12.5 Å². The number of fused-ring (bicyclic) bond motifs is 1. The van der Waals surface area contributed by atoms with Crippen LogP contribution in [0.4, 0.5) is 0 Å². The summed E-state index contributed by atoms with van der Waals surface area (Å²) in [5.41, 5.74) is 2.16. The average Bonchev–Trinajstić information content (AvgIpc) is 2.42. The van der Waals surface area contributed by atoms with E-state index in [1.165, 1.54) is 5.56 Å². The van der Waals surface area contributed by atoms with Crippen molar-refractivity contribution < 1.29 is 4.79 Å². The van der Waals surface area contributed by atoms with E-state index in [0.29, 0.717) is 5.78 Å². The highest BCUT2D eigenvalue weighted by Gasteiger charge is 2.50. The molecule has 0 spiro atoms. The summed E-state index contributed by atoms with van der Waals surface area (Å²) in [4.78, 5) is 12.2. The van der Waals surface area contributed by atoms with Gasteiger partial charge in [-0.3, -0.25) is 4.79 Å². The third kappa shape index (κ3) is 1.21. The van der Waals surface area contributed by atoms with Crippen LogP contribution in [0.25, 0.3) is 0 Å². The predicted octanol–water partition coefficient (Wildman–Crippen LogP) is 2.06. The SMILES string of the molecule is C[S+](C)C1(C)Cc2ccccc2C1=O. The van der Waals surface area contributed by atoms with Gasteiger partial charge in [0.2, 0.25) is 5.78 Å². The number of hydrogen-bond donors (Lipinski definition) is 0. The van der Waals surface area contributed by atoms with Gasteiger partial charge in [-0.25, -0.2) is 0 Å². The molecule has 1 aliphatic carbocycles. The smallest absolute Gasteiger partial charge is 0.218 e. The topological polar surface area (TPSA) is 17.1 Å². The Kier molecular flexibility index (Phi) is 2.18. The Bertz CT molecular complexity index is 384. The van der Waals surface area contributed by atoms with Gasteiger partial charge < -0.3 is 0 Å². The second-order valence-electron chi connectivity index (χ2n) is 4.21. The third-order valence-corrected chi connectivity index (χ3v) is 5.30. The standard InChI is InChI=1S/C12H15OS/c1-12(14(2)3)8-9-6-4-5-7-10(9)11(12)13/h4-7H,8H2,1-3H3/q+1.